The number of rotatable bonds is 1. The van der Waals surface area contributed by atoms with Crippen LogP contribution in [-0.4, -0.2) is 11.9 Å². The number of hydrogen-bond acceptors (Lipinski definition) is 2. The van der Waals surface area contributed by atoms with E-state index in [2.05, 4.69) is 24.1 Å². The summed E-state index contributed by atoms with van der Waals surface area (Å²) in [6, 6.07) is 0. The van der Waals surface area contributed by atoms with Crippen LogP contribution in [0, 0.1) is 5.41 Å². The van der Waals surface area contributed by atoms with Gasteiger partial charge in [-0.2, -0.15) is 10.2 Å². The van der Waals surface area contributed by atoms with E-state index >= 15 is 0 Å². The molecule has 0 aromatic heterocycles. The molecule has 1 aliphatic heterocycles. The Morgan fingerprint density at radius 2 is 2.33 bits per heavy atom. The Bertz CT molecular complexity index is 170. The van der Waals surface area contributed by atoms with Gasteiger partial charge in [-0.15, -0.1) is 0 Å². The minimum absolute atomic E-state index is 0.153. The molecule has 1 atom stereocenters. The normalized spacial score (nSPS) is 33.0. The minimum Gasteiger partial charge on any atom is -0.163 e. The second kappa shape index (κ2) is 1.94. The van der Waals surface area contributed by atoms with Crippen molar-refractivity contribution in [3.05, 3.63) is 0 Å². The first-order chi connectivity index (χ1) is 4.19. The highest BCUT2D eigenvalue weighted by molar-refractivity contribution is 6.03. The van der Waals surface area contributed by atoms with Gasteiger partial charge in [-0.3, -0.25) is 0 Å². The Kier molecular flexibility index (Phi) is 1.39. The molecule has 9 heavy (non-hydrogen) atoms. The van der Waals surface area contributed by atoms with Gasteiger partial charge in [0.2, 0.25) is 0 Å². The van der Waals surface area contributed by atoms with Gasteiger partial charge in [-0.05, 0) is 20.3 Å². The summed E-state index contributed by atoms with van der Waals surface area (Å²) in [5.41, 5.74) is 1.28. The lowest BCUT2D eigenvalue weighted by Crippen LogP contribution is -2.22. The topological polar surface area (TPSA) is 24.7 Å². The third-order valence-electron chi connectivity index (χ3n) is 2.11. The first-order valence-corrected chi connectivity index (χ1v) is 3.28. The van der Waals surface area contributed by atoms with Gasteiger partial charge in [-0.1, -0.05) is 6.92 Å². The molecule has 1 aliphatic rings. The molecule has 2 nitrogen and oxygen atoms in total. The van der Waals surface area contributed by atoms with Gasteiger partial charge >= 0.3 is 0 Å². The summed E-state index contributed by atoms with van der Waals surface area (Å²) in [5.74, 6) is 0. The Balaban J connectivity index is 2.82. The molecule has 2 heteroatoms. The molecule has 0 saturated carbocycles. The molecule has 0 fully saturated rings. The van der Waals surface area contributed by atoms with Crippen LogP contribution in [0.3, 0.4) is 0 Å². The summed E-state index contributed by atoms with van der Waals surface area (Å²) < 4.78 is 0. The van der Waals surface area contributed by atoms with Crippen LogP contribution >= 0.6 is 0 Å². The van der Waals surface area contributed by atoms with E-state index < -0.39 is 0 Å². The summed E-state index contributed by atoms with van der Waals surface area (Å²) in [7, 11) is 0. The van der Waals surface area contributed by atoms with Gasteiger partial charge in [0.15, 0.2) is 0 Å². The highest BCUT2D eigenvalue weighted by Crippen LogP contribution is 2.24. The molecule has 0 N–H and O–H groups in total. The predicted molar refractivity (Wildman–Crippen MR) is 40.0 cm³/mol. The summed E-state index contributed by atoms with van der Waals surface area (Å²) >= 11 is 0. The molecular formula is C7H12N2. The molecule has 0 radical (unpaired) electrons. The average Bonchev–Trinajstić information content (AvgIpc) is 2.15. The molecule has 0 spiro atoms. The Morgan fingerprint density at radius 3 is 2.56 bits per heavy atom. The standard InChI is InChI=1S/C7H12N2/c1-4-7(3)5-8-9-6(7)2/h5H,4H2,1-3H3/t7-/m1/s1. The Morgan fingerprint density at radius 1 is 1.67 bits per heavy atom. The van der Waals surface area contributed by atoms with Crippen molar-refractivity contribution in [2.75, 3.05) is 0 Å². The first-order valence-electron chi connectivity index (χ1n) is 3.28. The van der Waals surface area contributed by atoms with Crippen molar-refractivity contribution in [3.8, 4) is 0 Å². The molecule has 50 valence electrons. The third kappa shape index (κ3) is 0.889. The summed E-state index contributed by atoms with van der Waals surface area (Å²) in [4.78, 5) is 0. The molecule has 0 aromatic carbocycles. The Hall–Kier alpha value is -0.660. The van der Waals surface area contributed by atoms with E-state index in [0.29, 0.717) is 0 Å². The summed E-state index contributed by atoms with van der Waals surface area (Å²) in [5, 5.41) is 7.80. The molecule has 0 bridgehead atoms. The SMILES string of the molecule is CC[C@]1(C)C=NN=C1C. The fourth-order valence-corrected chi connectivity index (χ4v) is 0.798. The van der Waals surface area contributed by atoms with Crippen LogP contribution in [0.15, 0.2) is 10.2 Å². The highest BCUT2D eigenvalue weighted by Gasteiger charge is 2.26. The maximum absolute atomic E-state index is 3.95. The molecule has 0 aliphatic carbocycles. The van der Waals surface area contributed by atoms with E-state index in [1.807, 2.05) is 13.1 Å². The van der Waals surface area contributed by atoms with E-state index in [9.17, 15) is 0 Å². The molecule has 1 rings (SSSR count). The maximum Gasteiger partial charge on any atom is 0.0487 e. The minimum atomic E-state index is 0.153. The number of nitrogens with zero attached hydrogens (tertiary/aromatic N) is 2. The van der Waals surface area contributed by atoms with Crippen LogP contribution in [-0.2, 0) is 0 Å². The zero-order chi connectivity index (χ0) is 6.91. The van der Waals surface area contributed by atoms with Gasteiger partial charge in [0.25, 0.3) is 0 Å². The molecule has 0 unspecified atom stereocenters. The maximum atomic E-state index is 3.95. The smallest absolute Gasteiger partial charge is 0.0487 e. The van der Waals surface area contributed by atoms with E-state index in [1.165, 1.54) is 0 Å². The van der Waals surface area contributed by atoms with Gasteiger partial charge in [0, 0.05) is 17.3 Å². The molecule has 0 saturated heterocycles. The quantitative estimate of drug-likeness (QED) is 0.509. The van der Waals surface area contributed by atoms with E-state index in [1.54, 1.807) is 0 Å². The fraction of sp³-hybridized carbons (Fsp3) is 0.714. The molecule has 1 heterocycles. The second-order valence-electron chi connectivity index (χ2n) is 2.70. The molecular weight excluding hydrogens is 112 g/mol. The van der Waals surface area contributed by atoms with Gasteiger partial charge < -0.3 is 0 Å². The van der Waals surface area contributed by atoms with Crippen LogP contribution in [0.25, 0.3) is 0 Å². The van der Waals surface area contributed by atoms with Gasteiger partial charge in [0.05, 0.1) is 0 Å². The van der Waals surface area contributed by atoms with Gasteiger partial charge in [0.1, 0.15) is 0 Å². The van der Waals surface area contributed by atoms with Crippen LogP contribution < -0.4 is 0 Å². The third-order valence-corrected chi connectivity index (χ3v) is 2.11. The first kappa shape index (κ1) is 6.46. The fourth-order valence-electron chi connectivity index (χ4n) is 0.798. The van der Waals surface area contributed by atoms with Crippen molar-refractivity contribution >= 4 is 11.9 Å². The molecule has 0 amide bonds. The summed E-state index contributed by atoms with van der Waals surface area (Å²) in [6.45, 7) is 6.33. The lowest BCUT2D eigenvalue weighted by Gasteiger charge is -2.16. The summed E-state index contributed by atoms with van der Waals surface area (Å²) in [6.07, 6.45) is 3.01. The van der Waals surface area contributed by atoms with Crippen molar-refractivity contribution in [1.82, 2.24) is 0 Å². The zero-order valence-corrected chi connectivity index (χ0v) is 6.18. The van der Waals surface area contributed by atoms with Crippen molar-refractivity contribution < 1.29 is 0 Å². The van der Waals surface area contributed by atoms with Crippen molar-refractivity contribution in [3.63, 3.8) is 0 Å². The largest absolute Gasteiger partial charge is 0.163 e. The van der Waals surface area contributed by atoms with Crippen molar-refractivity contribution in [1.29, 1.82) is 0 Å². The predicted octanol–water partition coefficient (Wildman–Crippen LogP) is 1.86. The van der Waals surface area contributed by atoms with Gasteiger partial charge in [-0.25, -0.2) is 0 Å². The van der Waals surface area contributed by atoms with Crippen LogP contribution in [0.4, 0.5) is 0 Å². The van der Waals surface area contributed by atoms with Crippen molar-refractivity contribution in [2.24, 2.45) is 15.6 Å². The van der Waals surface area contributed by atoms with Crippen LogP contribution in [0.2, 0.25) is 0 Å². The van der Waals surface area contributed by atoms with Crippen LogP contribution in [0.1, 0.15) is 27.2 Å². The van der Waals surface area contributed by atoms with Crippen LogP contribution in [0.5, 0.6) is 0 Å². The second-order valence-corrected chi connectivity index (χ2v) is 2.70. The number of hydrogen-bond donors (Lipinski definition) is 0. The van der Waals surface area contributed by atoms with Crippen molar-refractivity contribution in [2.45, 2.75) is 27.2 Å². The average molecular weight is 124 g/mol. The van der Waals surface area contributed by atoms with E-state index in [-0.39, 0.29) is 5.41 Å². The lowest BCUT2D eigenvalue weighted by molar-refractivity contribution is 0.636. The monoisotopic (exact) mass is 124 g/mol. The zero-order valence-electron chi connectivity index (χ0n) is 6.18. The van der Waals surface area contributed by atoms with E-state index in [0.717, 1.165) is 12.1 Å². The Labute approximate surface area is 55.7 Å². The lowest BCUT2D eigenvalue weighted by atomic mass is 9.85. The highest BCUT2D eigenvalue weighted by atomic mass is 15.2. The molecule has 0 aromatic rings. The van der Waals surface area contributed by atoms with E-state index in [4.69, 9.17) is 0 Å².